The van der Waals surface area contributed by atoms with Crippen LogP contribution < -0.4 is 0 Å². The van der Waals surface area contributed by atoms with Crippen LogP contribution in [0.3, 0.4) is 0 Å². The molecule has 3 unspecified atom stereocenters. The fraction of sp³-hybridized carbons (Fsp3) is 0.727. The molecule has 0 bridgehead atoms. The van der Waals surface area contributed by atoms with Crippen molar-refractivity contribution in [2.45, 2.75) is 38.5 Å². The number of hydrogen-bond acceptors (Lipinski definition) is 10. The van der Waals surface area contributed by atoms with Gasteiger partial charge in [-0.15, -0.1) is 0 Å². The number of carbonyl (C=O) groups excluding carboxylic acids is 6. The van der Waals surface area contributed by atoms with Crippen LogP contribution in [0.15, 0.2) is 0 Å². The summed E-state index contributed by atoms with van der Waals surface area (Å²) in [5.41, 5.74) is -3.33. The smallest absolute Gasteiger partial charge is 0.316 e. The van der Waals surface area contributed by atoms with Crippen molar-refractivity contribution in [3.8, 4) is 0 Å². The highest BCUT2D eigenvalue weighted by molar-refractivity contribution is 6.20. The predicted octanol–water partition coefficient (Wildman–Crippen LogP) is 0.636. The van der Waals surface area contributed by atoms with Gasteiger partial charge in [0.25, 0.3) is 0 Å². The maximum absolute atomic E-state index is 13.7. The molecule has 10 heteroatoms. The summed E-state index contributed by atoms with van der Waals surface area (Å²) < 4.78 is 19.7. The first kappa shape index (κ1) is 23.9. The molecule has 0 heterocycles. The van der Waals surface area contributed by atoms with Crippen molar-refractivity contribution in [2.24, 2.45) is 34.5 Å². The van der Waals surface area contributed by atoms with Crippen LogP contribution in [0.5, 0.6) is 0 Å². The molecule has 3 fully saturated rings. The van der Waals surface area contributed by atoms with E-state index >= 15 is 0 Å². The Labute approximate surface area is 185 Å². The standard InChI is InChI=1S/C22H28O10/c1-29-17(25)11-15(23)12(18(26)30-2)22-10-8-6-5-7-9-21(11,22)13(19(27)31-3)16(24)14(22)20(28)32-4/h11-14H,5-10H2,1-4H3/t11-,12+,13-,14?,21?,22?/m0/s1. The molecule has 0 radical (unpaired) electrons. The van der Waals surface area contributed by atoms with E-state index in [1.807, 2.05) is 0 Å². The van der Waals surface area contributed by atoms with Gasteiger partial charge in [0.2, 0.25) is 0 Å². The molecular formula is C22H28O10. The van der Waals surface area contributed by atoms with Gasteiger partial charge in [-0.05, 0) is 12.8 Å². The SMILES string of the molecule is COC(=O)C1C(=O)[C@@H](C(=O)OC)C23CCCCCCC12[C@@H](C(=O)OC)C(=O)[C@H]3C(=O)OC. The van der Waals surface area contributed by atoms with Gasteiger partial charge in [-0.2, -0.15) is 0 Å². The van der Waals surface area contributed by atoms with Crippen LogP contribution in [0, 0.1) is 34.5 Å². The van der Waals surface area contributed by atoms with E-state index in [9.17, 15) is 28.8 Å². The van der Waals surface area contributed by atoms with E-state index in [1.165, 1.54) is 0 Å². The maximum atomic E-state index is 13.7. The molecular weight excluding hydrogens is 424 g/mol. The number of hydrogen-bond donors (Lipinski definition) is 0. The third-order valence-corrected chi connectivity index (χ3v) is 7.74. The number of methoxy groups -OCH3 is 4. The monoisotopic (exact) mass is 452 g/mol. The summed E-state index contributed by atoms with van der Waals surface area (Å²) in [5, 5.41) is 0. The molecule has 0 saturated heterocycles. The molecule has 3 aliphatic rings. The van der Waals surface area contributed by atoms with Crippen molar-refractivity contribution >= 4 is 35.4 Å². The van der Waals surface area contributed by atoms with Gasteiger partial charge in [0.1, 0.15) is 23.7 Å². The van der Waals surface area contributed by atoms with E-state index in [1.54, 1.807) is 0 Å². The topological polar surface area (TPSA) is 139 Å². The van der Waals surface area contributed by atoms with Crippen molar-refractivity contribution in [3.05, 3.63) is 0 Å². The van der Waals surface area contributed by atoms with E-state index in [-0.39, 0.29) is 12.8 Å². The molecule has 0 amide bonds. The summed E-state index contributed by atoms with van der Waals surface area (Å²) in [5.74, 6) is -11.8. The lowest BCUT2D eigenvalue weighted by Gasteiger charge is -2.48. The lowest BCUT2D eigenvalue weighted by molar-refractivity contribution is -0.171. The minimum atomic E-state index is -1.67. The summed E-state index contributed by atoms with van der Waals surface area (Å²) in [6, 6.07) is 0. The Kier molecular flexibility index (Phi) is 6.44. The van der Waals surface area contributed by atoms with Gasteiger partial charge in [-0.1, -0.05) is 25.7 Å². The highest BCUT2D eigenvalue weighted by Gasteiger charge is 2.85. The van der Waals surface area contributed by atoms with Crippen LogP contribution >= 0.6 is 0 Å². The number of Topliss-reactive ketones (excluding diaryl/α,β-unsaturated/α-hetero) is 2. The van der Waals surface area contributed by atoms with Gasteiger partial charge >= 0.3 is 23.9 Å². The first-order valence-electron chi connectivity index (χ1n) is 10.6. The van der Waals surface area contributed by atoms with Gasteiger partial charge in [-0.25, -0.2) is 0 Å². The van der Waals surface area contributed by atoms with Gasteiger partial charge in [0.05, 0.1) is 28.4 Å². The quantitative estimate of drug-likeness (QED) is 0.339. The largest absolute Gasteiger partial charge is 0.468 e. The Bertz CT molecular complexity index is 737. The lowest BCUT2D eigenvalue weighted by atomic mass is 9.52. The minimum Gasteiger partial charge on any atom is -0.468 e. The number of esters is 4. The Hall–Kier alpha value is -2.78. The van der Waals surface area contributed by atoms with Gasteiger partial charge < -0.3 is 18.9 Å². The summed E-state index contributed by atoms with van der Waals surface area (Å²) >= 11 is 0. The second kappa shape index (κ2) is 8.63. The molecule has 0 aromatic rings. The van der Waals surface area contributed by atoms with E-state index in [0.29, 0.717) is 12.8 Å². The number of ketones is 2. The molecule has 0 aromatic heterocycles. The Morgan fingerprint density at radius 3 is 1.03 bits per heavy atom. The molecule has 0 N–H and O–H groups in total. The average Bonchev–Trinajstić information content (AvgIpc) is 3.09. The van der Waals surface area contributed by atoms with Gasteiger partial charge in [0.15, 0.2) is 11.6 Å². The van der Waals surface area contributed by atoms with Gasteiger partial charge in [0, 0.05) is 10.8 Å². The first-order valence-corrected chi connectivity index (χ1v) is 10.6. The van der Waals surface area contributed by atoms with E-state index in [4.69, 9.17) is 18.9 Å². The lowest BCUT2D eigenvalue weighted by Crippen LogP contribution is -2.52. The van der Waals surface area contributed by atoms with Crippen molar-refractivity contribution in [1.82, 2.24) is 0 Å². The highest BCUT2D eigenvalue weighted by Crippen LogP contribution is 2.74. The van der Waals surface area contributed by atoms with Crippen molar-refractivity contribution in [1.29, 1.82) is 0 Å². The number of ether oxygens (including phenoxy) is 4. The van der Waals surface area contributed by atoms with Crippen LogP contribution in [-0.2, 0) is 47.7 Å². The van der Waals surface area contributed by atoms with Crippen LogP contribution in [0.4, 0.5) is 0 Å². The molecule has 3 aliphatic carbocycles. The van der Waals surface area contributed by atoms with Gasteiger partial charge in [-0.3, -0.25) is 28.8 Å². The highest BCUT2D eigenvalue weighted by atomic mass is 16.5. The summed E-state index contributed by atoms with van der Waals surface area (Å²) in [6.07, 6.45) is 2.59. The third kappa shape index (κ3) is 2.84. The molecule has 0 aliphatic heterocycles. The van der Waals surface area contributed by atoms with E-state index in [0.717, 1.165) is 41.3 Å². The zero-order chi connectivity index (χ0) is 23.8. The second-order valence-electron chi connectivity index (χ2n) is 8.62. The Morgan fingerprint density at radius 2 is 0.812 bits per heavy atom. The number of carbonyl (C=O) groups is 6. The fourth-order valence-corrected chi connectivity index (χ4v) is 6.77. The van der Waals surface area contributed by atoms with Crippen molar-refractivity contribution < 1.29 is 47.7 Å². The summed E-state index contributed by atoms with van der Waals surface area (Å²) in [6.45, 7) is 0. The Balaban J connectivity index is 2.48. The maximum Gasteiger partial charge on any atom is 0.316 e. The molecule has 0 aromatic carbocycles. The predicted molar refractivity (Wildman–Crippen MR) is 105 cm³/mol. The van der Waals surface area contributed by atoms with Crippen molar-refractivity contribution in [3.63, 3.8) is 0 Å². The summed E-state index contributed by atoms with van der Waals surface area (Å²) in [7, 11) is 4.35. The van der Waals surface area contributed by atoms with Crippen molar-refractivity contribution in [2.75, 3.05) is 28.4 Å². The third-order valence-electron chi connectivity index (χ3n) is 7.74. The first-order chi connectivity index (χ1) is 15.2. The molecule has 176 valence electrons. The molecule has 3 rings (SSSR count). The minimum absolute atomic E-state index is 0.0883. The molecule has 32 heavy (non-hydrogen) atoms. The van der Waals surface area contributed by atoms with Crippen LogP contribution in [0.1, 0.15) is 38.5 Å². The van der Waals surface area contributed by atoms with E-state index in [2.05, 4.69) is 0 Å². The Morgan fingerprint density at radius 1 is 0.562 bits per heavy atom. The van der Waals surface area contributed by atoms with E-state index < -0.39 is 69.9 Å². The zero-order valence-electron chi connectivity index (χ0n) is 18.6. The fourth-order valence-electron chi connectivity index (χ4n) is 6.77. The molecule has 6 atom stereocenters. The van der Waals surface area contributed by atoms with Crippen LogP contribution in [-0.4, -0.2) is 63.9 Å². The normalized spacial score (nSPS) is 36.2. The molecule has 10 nitrogen and oxygen atoms in total. The summed E-state index contributed by atoms with van der Waals surface area (Å²) in [4.78, 5) is 79.4. The van der Waals surface area contributed by atoms with Crippen LogP contribution in [0.25, 0.3) is 0 Å². The second-order valence-corrected chi connectivity index (χ2v) is 8.62. The average molecular weight is 452 g/mol. The zero-order valence-corrected chi connectivity index (χ0v) is 18.6. The van der Waals surface area contributed by atoms with Crippen LogP contribution in [0.2, 0.25) is 0 Å². The molecule has 3 saturated carbocycles. The number of rotatable bonds is 4. The molecule has 0 spiro atoms.